The summed E-state index contributed by atoms with van der Waals surface area (Å²) in [7, 11) is 5.19. The number of amides is 3. The van der Waals surface area contributed by atoms with Crippen molar-refractivity contribution in [3.63, 3.8) is 0 Å². The number of halogens is 2. The Morgan fingerprint density at radius 1 is 1.10 bits per heavy atom. The van der Waals surface area contributed by atoms with Gasteiger partial charge in [-0.3, -0.25) is 24.3 Å². The number of hydrogen-bond acceptors (Lipinski definition) is 8. The van der Waals surface area contributed by atoms with Gasteiger partial charge in [0.15, 0.2) is 5.82 Å². The maximum Gasteiger partial charge on any atom is 0.291 e. The molecule has 4 aromatic rings. The van der Waals surface area contributed by atoms with E-state index in [0.29, 0.717) is 70.7 Å². The topological polar surface area (TPSA) is 134 Å². The SMILES string of the molecule is CNCC(=O)N1CCc2c(nc(C(=O)Nc3cccc(-c4ccnc(-c5ccc(CN6CC7(CNC(=O)C7)C6)c(OC)c5)c4Cl)c3Cl)n2C)C1. The van der Waals surface area contributed by atoms with Crippen LogP contribution in [-0.4, -0.2) is 88.9 Å². The van der Waals surface area contributed by atoms with E-state index in [1.807, 2.05) is 24.3 Å². The second kappa shape index (κ2) is 13.7. The molecule has 0 aliphatic carbocycles. The van der Waals surface area contributed by atoms with E-state index in [1.165, 1.54) is 0 Å². The van der Waals surface area contributed by atoms with Crippen LogP contribution in [0.4, 0.5) is 5.69 Å². The van der Waals surface area contributed by atoms with Crippen molar-refractivity contribution >= 4 is 46.6 Å². The van der Waals surface area contributed by atoms with Crippen LogP contribution >= 0.6 is 23.2 Å². The van der Waals surface area contributed by atoms with E-state index in [1.54, 1.807) is 55.1 Å². The van der Waals surface area contributed by atoms with Gasteiger partial charge < -0.3 is 30.2 Å². The Morgan fingerprint density at radius 3 is 2.64 bits per heavy atom. The number of likely N-dealkylation sites (N-methyl/N-ethyl adjacent to an activating group) is 1. The number of carbonyl (C=O) groups is 3. The molecule has 0 saturated carbocycles. The van der Waals surface area contributed by atoms with Gasteiger partial charge in [0.25, 0.3) is 5.91 Å². The van der Waals surface area contributed by atoms with E-state index in [4.69, 9.17) is 27.9 Å². The molecule has 3 aliphatic rings. The van der Waals surface area contributed by atoms with E-state index in [0.717, 1.165) is 42.2 Å². The molecule has 2 saturated heterocycles. The van der Waals surface area contributed by atoms with E-state index in [2.05, 4.69) is 30.8 Å². The van der Waals surface area contributed by atoms with Crippen LogP contribution in [0.3, 0.4) is 0 Å². The lowest BCUT2D eigenvalue weighted by Crippen LogP contribution is -2.56. The van der Waals surface area contributed by atoms with E-state index in [-0.39, 0.29) is 29.6 Å². The summed E-state index contributed by atoms with van der Waals surface area (Å²) in [6.45, 7) is 4.36. The molecule has 12 nitrogen and oxygen atoms in total. The molecule has 1 spiro atoms. The van der Waals surface area contributed by atoms with Gasteiger partial charge in [0.05, 0.1) is 47.3 Å². The first-order valence-electron chi connectivity index (χ1n) is 16.5. The Hall–Kier alpha value is -4.49. The van der Waals surface area contributed by atoms with Crippen LogP contribution < -0.4 is 20.7 Å². The highest BCUT2D eigenvalue weighted by Crippen LogP contribution is 2.42. The second-order valence-corrected chi connectivity index (χ2v) is 14.0. The fraction of sp³-hybridized carbons (Fsp3) is 0.361. The molecule has 260 valence electrons. The predicted molar refractivity (Wildman–Crippen MR) is 191 cm³/mol. The zero-order chi connectivity index (χ0) is 35.2. The highest BCUT2D eigenvalue weighted by molar-refractivity contribution is 6.39. The van der Waals surface area contributed by atoms with Gasteiger partial charge in [0.1, 0.15) is 5.75 Å². The Balaban J connectivity index is 1.09. The molecule has 3 amide bonds. The van der Waals surface area contributed by atoms with Crippen molar-refractivity contribution in [2.75, 3.05) is 52.2 Å². The van der Waals surface area contributed by atoms with Crippen molar-refractivity contribution in [1.82, 2.24) is 35.0 Å². The van der Waals surface area contributed by atoms with Crippen molar-refractivity contribution in [2.24, 2.45) is 12.5 Å². The highest BCUT2D eigenvalue weighted by atomic mass is 35.5. The van der Waals surface area contributed by atoms with Crippen LogP contribution in [-0.2, 0) is 36.1 Å². The summed E-state index contributed by atoms with van der Waals surface area (Å²) in [6.07, 6.45) is 2.87. The molecule has 5 heterocycles. The molecule has 0 radical (unpaired) electrons. The van der Waals surface area contributed by atoms with Gasteiger partial charge in [-0.05, 0) is 25.2 Å². The Kier molecular flexibility index (Phi) is 9.29. The highest BCUT2D eigenvalue weighted by Gasteiger charge is 2.47. The number of nitrogens with one attached hydrogen (secondary N) is 3. The van der Waals surface area contributed by atoms with Gasteiger partial charge in [0.2, 0.25) is 11.8 Å². The van der Waals surface area contributed by atoms with Crippen LogP contribution in [0.15, 0.2) is 48.7 Å². The number of rotatable bonds is 9. The number of hydrogen-bond donors (Lipinski definition) is 3. The summed E-state index contributed by atoms with van der Waals surface area (Å²) in [5.41, 5.74) is 5.78. The Morgan fingerprint density at radius 2 is 1.90 bits per heavy atom. The van der Waals surface area contributed by atoms with E-state index in [9.17, 15) is 14.4 Å². The molecule has 7 rings (SSSR count). The second-order valence-electron chi connectivity index (χ2n) is 13.3. The molecule has 2 fully saturated rings. The lowest BCUT2D eigenvalue weighted by Gasteiger charge is -2.47. The number of fused-ring (bicyclic) bond motifs is 1. The third kappa shape index (κ3) is 6.32. The van der Waals surface area contributed by atoms with Gasteiger partial charge in [0, 0.05) is 92.2 Å². The number of anilines is 1. The number of likely N-dealkylation sites (tertiary alicyclic amines) is 1. The van der Waals surface area contributed by atoms with Crippen molar-refractivity contribution in [3.8, 4) is 28.1 Å². The summed E-state index contributed by atoms with van der Waals surface area (Å²) in [5, 5.41) is 9.50. The number of methoxy groups -OCH3 is 1. The number of aromatic nitrogens is 3. The monoisotopic (exact) mass is 716 g/mol. The van der Waals surface area contributed by atoms with Crippen LogP contribution in [0.25, 0.3) is 22.4 Å². The van der Waals surface area contributed by atoms with Gasteiger partial charge in [-0.25, -0.2) is 4.98 Å². The summed E-state index contributed by atoms with van der Waals surface area (Å²) < 4.78 is 7.56. The van der Waals surface area contributed by atoms with Crippen molar-refractivity contribution < 1.29 is 19.1 Å². The fourth-order valence-electron chi connectivity index (χ4n) is 7.33. The molecular formula is C36H38Cl2N8O4. The molecule has 0 bridgehead atoms. The van der Waals surface area contributed by atoms with Crippen LogP contribution in [0.5, 0.6) is 5.75 Å². The normalized spacial score (nSPS) is 16.6. The first kappa shape index (κ1) is 34.0. The quantitative estimate of drug-likeness (QED) is 0.236. The number of ether oxygens (including phenoxy) is 1. The summed E-state index contributed by atoms with van der Waals surface area (Å²) in [4.78, 5) is 51.0. The molecule has 0 unspecified atom stereocenters. The predicted octanol–water partition coefficient (Wildman–Crippen LogP) is 4.14. The van der Waals surface area contributed by atoms with Gasteiger partial charge in [-0.1, -0.05) is 47.5 Å². The number of carbonyl (C=O) groups excluding carboxylic acids is 3. The average molecular weight is 718 g/mol. The molecule has 2 aromatic carbocycles. The van der Waals surface area contributed by atoms with Crippen LogP contribution in [0.1, 0.15) is 34.0 Å². The molecule has 2 aromatic heterocycles. The zero-order valence-corrected chi connectivity index (χ0v) is 29.6. The van der Waals surface area contributed by atoms with Gasteiger partial charge in [-0.2, -0.15) is 0 Å². The Bertz CT molecular complexity index is 2010. The maximum absolute atomic E-state index is 13.5. The first-order valence-corrected chi connectivity index (χ1v) is 17.2. The maximum atomic E-state index is 13.5. The molecule has 14 heteroatoms. The number of imidazole rings is 1. The lowest BCUT2D eigenvalue weighted by atomic mass is 9.79. The molecule has 0 atom stereocenters. The molecule has 3 N–H and O–H groups in total. The van der Waals surface area contributed by atoms with Crippen molar-refractivity contribution in [1.29, 1.82) is 0 Å². The van der Waals surface area contributed by atoms with Crippen molar-refractivity contribution in [2.45, 2.75) is 25.9 Å². The summed E-state index contributed by atoms with van der Waals surface area (Å²) in [6, 6.07) is 13.1. The molecular weight excluding hydrogens is 679 g/mol. The fourth-order valence-corrected chi connectivity index (χ4v) is 7.93. The third-order valence-corrected chi connectivity index (χ3v) is 10.6. The lowest BCUT2D eigenvalue weighted by molar-refractivity contribution is -0.131. The zero-order valence-electron chi connectivity index (χ0n) is 28.1. The molecule has 3 aliphatic heterocycles. The minimum Gasteiger partial charge on any atom is -0.496 e. The van der Waals surface area contributed by atoms with Crippen LogP contribution in [0.2, 0.25) is 10.0 Å². The average Bonchev–Trinajstić information content (AvgIpc) is 3.65. The summed E-state index contributed by atoms with van der Waals surface area (Å²) in [5.74, 6) is 0.671. The van der Waals surface area contributed by atoms with Crippen molar-refractivity contribution in [3.05, 3.63) is 81.5 Å². The van der Waals surface area contributed by atoms with E-state index < -0.39 is 5.91 Å². The standard InChI is InChI=1S/C36H38Cl2N8O4/c1-39-15-30(48)46-12-10-27-26(17-46)42-34(44(27)2)35(49)43-25-6-4-5-23(31(25)37)24-9-11-40-33(32(24)38)21-7-8-22(28(13-21)50-3)16-45-19-36(20-45)14-29(47)41-18-36/h4-9,11,13,39H,10,12,14-20H2,1-3H3,(H,41,47)(H,43,49). The molecule has 50 heavy (non-hydrogen) atoms. The smallest absolute Gasteiger partial charge is 0.291 e. The summed E-state index contributed by atoms with van der Waals surface area (Å²) >= 11 is 14.0. The third-order valence-electron chi connectivity index (χ3n) is 9.83. The van der Waals surface area contributed by atoms with Gasteiger partial charge >= 0.3 is 0 Å². The van der Waals surface area contributed by atoms with E-state index >= 15 is 0 Å². The number of benzene rings is 2. The Labute approximate surface area is 300 Å². The van der Waals surface area contributed by atoms with Crippen LogP contribution in [0, 0.1) is 5.41 Å². The minimum atomic E-state index is -0.412. The first-order chi connectivity index (χ1) is 24.1. The van der Waals surface area contributed by atoms with Gasteiger partial charge in [-0.15, -0.1) is 0 Å². The largest absolute Gasteiger partial charge is 0.496 e. The number of pyridine rings is 1. The number of nitrogens with zero attached hydrogens (tertiary/aromatic N) is 5. The minimum absolute atomic E-state index is 0.00917.